The first-order chi connectivity index (χ1) is 13.3. The maximum absolute atomic E-state index is 12.3. The molecule has 0 unspecified atom stereocenters. The summed E-state index contributed by atoms with van der Waals surface area (Å²) >= 11 is 4.63. The van der Waals surface area contributed by atoms with Gasteiger partial charge in [-0.15, -0.1) is 0 Å². The van der Waals surface area contributed by atoms with Crippen LogP contribution in [0.3, 0.4) is 0 Å². The van der Waals surface area contributed by atoms with Crippen LogP contribution in [-0.4, -0.2) is 26.6 Å². The fraction of sp³-hybridized carbons (Fsp3) is 0.158. The van der Waals surface area contributed by atoms with Crippen molar-refractivity contribution in [1.29, 1.82) is 0 Å². The predicted octanol–water partition coefficient (Wildman–Crippen LogP) is 5.10. The molecule has 0 radical (unpaired) electrons. The standard InChI is InChI=1S/C19H17BrN4O3S/c1-11-3-8-16(24(26)27)18(12(11)2)23-17(25)10-28-19-21-9-15(22-19)13-4-6-14(20)7-5-13/h3-9H,10H2,1-2H3,(H,21,22)(H,23,25). The van der Waals surface area contributed by atoms with E-state index in [0.717, 1.165) is 21.3 Å². The molecule has 0 bridgehead atoms. The summed E-state index contributed by atoms with van der Waals surface area (Å²) in [5.41, 5.74) is 3.52. The van der Waals surface area contributed by atoms with Gasteiger partial charge in [-0.3, -0.25) is 14.9 Å². The average Bonchev–Trinajstić information content (AvgIpc) is 3.13. The third-order valence-corrected chi connectivity index (χ3v) is 5.64. The molecular weight excluding hydrogens is 444 g/mol. The van der Waals surface area contributed by atoms with Crippen molar-refractivity contribution in [3.05, 3.63) is 68.3 Å². The molecule has 1 amide bonds. The van der Waals surface area contributed by atoms with Gasteiger partial charge in [-0.05, 0) is 42.7 Å². The van der Waals surface area contributed by atoms with Crippen LogP contribution in [0.2, 0.25) is 0 Å². The molecule has 3 rings (SSSR count). The summed E-state index contributed by atoms with van der Waals surface area (Å²) in [5.74, 6) is -0.249. The van der Waals surface area contributed by atoms with Crippen molar-refractivity contribution in [1.82, 2.24) is 9.97 Å². The van der Waals surface area contributed by atoms with Gasteiger partial charge in [0.2, 0.25) is 5.91 Å². The summed E-state index contributed by atoms with van der Waals surface area (Å²) in [6, 6.07) is 10.9. The lowest BCUT2D eigenvalue weighted by molar-refractivity contribution is -0.384. The smallest absolute Gasteiger partial charge is 0.293 e. The molecule has 9 heteroatoms. The number of amides is 1. The SMILES string of the molecule is Cc1ccc([N+](=O)[O-])c(NC(=O)CSc2ncc(-c3ccc(Br)cc3)[nH]2)c1C. The van der Waals surface area contributed by atoms with Crippen molar-refractivity contribution in [3.8, 4) is 11.3 Å². The van der Waals surface area contributed by atoms with E-state index in [-0.39, 0.29) is 23.0 Å². The number of nitrogens with one attached hydrogen (secondary N) is 2. The van der Waals surface area contributed by atoms with Gasteiger partial charge in [-0.25, -0.2) is 4.98 Å². The number of aromatic amines is 1. The van der Waals surface area contributed by atoms with E-state index < -0.39 is 4.92 Å². The number of carbonyl (C=O) groups excluding carboxylic acids is 1. The second kappa shape index (κ2) is 8.57. The monoisotopic (exact) mass is 460 g/mol. The van der Waals surface area contributed by atoms with Crippen LogP contribution in [0.15, 0.2) is 52.2 Å². The first kappa shape index (κ1) is 20.1. The molecule has 0 aliphatic rings. The van der Waals surface area contributed by atoms with Crippen molar-refractivity contribution < 1.29 is 9.72 Å². The van der Waals surface area contributed by atoms with Crippen LogP contribution in [0.1, 0.15) is 11.1 Å². The molecule has 0 saturated carbocycles. The number of nitro benzene ring substituents is 1. The van der Waals surface area contributed by atoms with Gasteiger partial charge in [-0.1, -0.05) is 45.9 Å². The molecule has 7 nitrogen and oxygen atoms in total. The number of aryl methyl sites for hydroxylation is 1. The summed E-state index contributed by atoms with van der Waals surface area (Å²) in [7, 11) is 0. The van der Waals surface area contributed by atoms with E-state index in [2.05, 4.69) is 31.2 Å². The molecule has 1 aromatic heterocycles. The second-order valence-corrected chi connectivity index (χ2v) is 7.98. The maximum atomic E-state index is 12.3. The average molecular weight is 461 g/mol. The molecule has 28 heavy (non-hydrogen) atoms. The van der Waals surface area contributed by atoms with Crippen molar-refractivity contribution in [2.75, 3.05) is 11.1 Å². The Bertz CT molecular complexity index is 1030. The molecule has 2 N–H and O–H groups in total. The Morgan fingerprint density at radius 1 is 1.25 bits per heavy atom. The van der Waals surface area contributed by atoms with Gasteiger partial charge in [0.05, 0.1) is 22.6 Å². The van der Waals surface area contributed by atoms with Crippen LogP contribution in [0.25, 0.3) is 11.3 Å². The molecule has 0 fully saturated rings. The summed E-state index contributed by atoms with van der Waals surface area (Å²) in [6.07, 6.45) is 1.71. The number of nitro groups is 1. The number of carbonyl (C=O) groups is 1. The van der Waals surface area contributed by atoms with E-state index in [0.29, 0.717) is 10.7 Å². The van der Waals surface area contributed by atoms with E-state index in [1.165, 1.54) is 17.8 Å². The fourth-order valence-electron chi connectivity index (χ4n) is 2.57. The highest BCUT2D eigenvalue weighted by Gasteiger charge is 2.19. The Morgan fingerprint density at radius 2 is 1.96 bits per heavy atom. The lowest BCUT2D eigenvalue weighted by atomic mass is 10.1. The number of rotatable bonds is 6. The third kappa shape index (κ3) is 4.60. The first-order valence-corrected chi connectivity index (χ1v) is 10.1. The van der Waals surface area contributed by atoms with Crippen LogP contribution >= 0.6 is 27.7 Å². The molecule has 0 aliphatic carbocycles. The highest BCUT2D eigenvalue weighted by atomic mass is 79.9. The summed E-state index contributed by atoms with van der Waals surface area (Å²) < 4.78 is 0.988. The number of thioether (sulfide) groups is 1. The van der Waals surface area contributed by atoms with Gasteiger partial charge < -0.3 is 10.3 Å². The van der Waals surface area contributed by atoms with Crippen molar-refractivity contribution in [2.24, 2.45) is 0 Å². The fourth-order valence-corrected chi connectivity index (χ4v) is 3.49. The topological polar surface area (TPSA) is 101 Å². The van der Waals surface area contributed by atoms with Crippen LogP contribution in [-0.2, 0) is 4.79 Å². The number of nitrogens with zero attached hydrogens (tertiary/aromatic N) is 2. The Hall–Kier alpha value is -2.65. The van der Waals surface area contributed by atoms with E-state index in [4.69, 9.17) is 0 Å². The van der Waals surface area contributed by atoms with E-state index in [1.807, 2.05) is 31.2 Å². The van der Waals surface area contributed by atoms with Gasteiger partial charge in [0.25, 0.3) is 5.69 Å². The Balaban J connectivity index is 1.66. The molecule has 0 spiro atoms. The molecule has 144 valence electrons. The molecule has 1 heterocycles. The number of aromatic nitrogens is 2. The summed E-state index contributed by atoms with van der Waals surface area (Å²) in [5, 5.41) is 14.5. The van der Waals surface area contributed by atoms with Gasteiger partial charge in [0.15, 0.2) is 5.16 Å². The maximum Gasteiger partial charge on any atom is 0.293 e. The minimum absolute atomic E-state index is 0.0812. The molecule has 0 saturated heterocycles. The van der Waals surface area contributed by atoms with Crippen LogP contribution < -0.4 is 5.32 Å². The van der Waals surface area contributed by atoms with E-state index >= 15 is 0 Å². The van der Waals surface area contributed by atoms with Gasteiger partial charge in [-0.2, -0.15) is 0 Å². The quantitative estimate of drug-likeness (QED) is 0.302. The number of hydrogen-bond donors (Lipinski definition) is 2. The molecule has 3 aromatic rings. The zero-order chi connectivity index (χ0) is 20.3. The normalized spacial score (nSPS) is 10.7. The van der Waals surface area contributed by atoms with E-state index in [9.17, 15) is 14.9 Å². The molecular formula is C19H17BrN4O3S. The zero-order valence-corrected chi connectivity index (χ0v) is 17.6. The molecule has 0 atom stereocenters. The van der Waals surface area contributed by atoms with Crippen molar-refractivity contribution in [2.45, 2.75) is 19.0 Å². The largest absolute Gasteiger partial charge is 0.333 e. The van der Waals surface area contributed by atoms with Gasteiger partial charge in [0, 0.05) is 10.5 Å². The number of H-pyrrole nitrogens is 1. The zero-order valence-electron chi connectivity index (χ0n) is 15.2. The summed E-state index contributed by atoms with van der Waals surface area (Å²) in [4.78, 5) is 30.5. The van der Waals surface area contributed by atoms with Gasteiger partial charge >= 0.3 is 0 Å². The molecule has 0 aliphatic heterocycles. The minimum Gasteiger partial charge on any atom is -0.333 e. The Morgan fingerprint density at radius 3 is 2.64 bits per heavy atom. The number of imidazole rings is 1. The molecule has 2 aromatic carbocycles. The Labute approximate surface area is 174 Å². The lowest BCUT2D eigenvalue weighted by Crippen LogP contribution is -2.16. The third-order valence-electron chi connectivity index (χ3n) is 4.22. The number of halogens is 1. The summed E-state index contributed by atoms with van der Waals surface area (Å²) in [6.45, 7) is 3.60. The van der Waals surface area contributed by atoms with Crippen LogP contribution in [0.4, 0.5) is 11.4 Å². The van der Waals surface area contributed by atoms with Crippen molar-refractivity contribution >= 4 is 45.0 Å². The highest BCUT2D eigenvalue weighted by Crippen LogP contribution is 2.30. The van der Waals surface area contributed by atoms with Crippen molar-refractivity contribution in [3.63, 3.8) is 0 Å². The lowest BCUT2D eigenvalue weighted by Gasteiger charge is -2.10. The van der Waals surface area contributed by atoms with E-state index in [1.54, 1.807) is 19.2 Å². The number of benzene rings is 2. The first-order valence-electron chi connectivity index (χ1n) is 8.33. The number of hydrogen-bond acceptors (Lipinski definition) is 5. The second-order valence-electron chi connectivity index (χ2n) is 6.10. The Kier molecular flexibility index (Phi) is 6.15. The van der Waals surface area contributed by atoms with Crippen LogP contribution in [0.5, 0.6) is 0 Å². The predicted molar refractivity (Wildman–Crippen MR) is 114 cm³/mol. The number of anilines is 1. The van der Waals surface area contributed by atoms with Gasteiger partial charge in [0.1, 0.15) is 5.69 Å². The highest BCUT2D eigenvalue weighted by molar-refractivity contribution is 9.10. The van der Waals surface area contributed by atoms with Crippen LogP contribution in [0, 0.1) is 24.0 Å². The minimum atomic E-state index is -0.494.